The summed E-state index contributed by atoms with van der Waals surface area (Å²) in [6.07, 6.45) is 16.5. The molecule has 2 fully saturated rings. The molecule has 1 nitrogen and oxygen atoms in total. The third-order valence-corrected chi connectivity index (χ3v) is 10.2. The van der Waals surface area contributed by atoms with Gasteiger partial charge in [0.05, 0.1) is 6.10 Å². The lowest BCUT2D eigenvalue weighted by molar-refractivity contribution is -0.117. The lowest BCUT2D eigenvalue weighted by Crippen LogP contribution is -2.52. The van der Waals surface area contributed by atoms with Gasteiger partial charge in [-0.05, 0) is 84.4 Å². The minimum absolute atomic E-state index is 0.0113. The highest BCUT2D eigenvalue weighted by Crippen LogP contribution is 2.57. The average molecular weight is 447 g/mol. The summed E-state index contributed by atoms with van der Waals surface area (Å²) in [5.74, 6) is 1.89. The molecular formula is C31H58O. The molecule has 0 heterocycles. The van der Waals surface area contributed by atoms with E-state index < -0.39 is 0 Å². The van der Waals surface area contributed by atoms with Crippen LogP contribution < -0.4 is 0 Å². The van der Waals surface area contributed by atoms with E-state index in [4.69, 9.17) is 0 Å². The van der Waals surface area contributed by atoms with Gasteiger partial charge in [0, 0.05) is 0 Å². The molecule has 2 aliphatic rings. The zero-order valence-electron chi connectivity index (χ0n) is 23.6. The largest absolute Gasteiger partial charge is 0.393 e. The summed E-state index contributed by atoms with van der Waals surface area (Å²) in [6, 6.07) is 0. The van der Waals surface area contributed by atoms with Crippen LogP contribution in [0.3, 0.4) is 0 Å². The topological polar surface area (TPSA) is 20.2 Å². The summed E-state index contributed by atoms with van der Waals surface area (Å²) in [7, 11) is 0. The fourth-order valence-corrected chi connectivity index (χ4v) is 7.91. The first-order chi connectivity index (χ1) is 14.7. The first-order valence-electron chi connectivity index (χ1n) is 14.1. The molecule has 188 valence electrons. The summed E-state index contributed by atoms with van der Waals surface area (Å²) < 4.78 is 0. The molecule has 2 aliphatic carbocycles. The van der Waals surface area contributed by atoms with Crippen molar-refractivity contribution in [3.63, 3.8) is 0 Å². The van der Waals surface area contributed by atoms with Gasteiger partial charge in [-0.15, -0.1) is 0 Å². The summed E-state index contributed by atoms with van der Waals surface area (Å²) in [5, 5.41) is 10.8. The number of aliphatic hydroxyl groups excluding tert-OH is 1. The normalized spacial score (nSPS) is 37.7. The van der Waals surface area contributed by atoms with Gasteiger partial charge >= 0.3 is 0 Å². The van der Waals surface area contributed by atoms with Crippen LogP contribution >= 0.6 is 0 Å². The maximum absolute atomic E-state index is 10.8. The molecule has 0 aromatic heterocycles. The fourth-order valence-electron chi connectivity index (χ4n) is 7.91. The van der Waals surface area contributed by atoms with E-state index in [9.17, 15) is 5.11 Å². The second-order valence-corrected chi connectivity index (χ2v) is 14.2. The summed E-state index contributed by atoms with van der Waals surface area (Å²) in [4.78, 5) is 0. The zero-order chi connectivity index (χ0) is 24.4. The first-order valence-corrected chi connectivity index (χ1v) is 14.1. The minimum Gasteiger partial charge on any atom is -0.393 e. The molecule has 1 heteroatoms. The van der Waals surface area contributed by atoms with Gasteiger partial charge in [0.25, 0.3) is 0 Å². The Morgan fingerprint density at radius 3 is 2.22 bits per heavy atom. The van der Waals surface area contributed by atoms with Gasteiger partial charge in [-0.1, -0.05) is 107 Å². The van der Waals surface area contributed by atoms with Crippen LogP contribution in [0.15, 0.2) is 11.6 Å². The van der Waals surface area contributed by atoms with Crippen LogP contribution in [-0.2, 0) is 0 Å². The summed E-state index contributed by atoms with van der Waals surface area (Å²) in [6.45, 7) is 24.5. The van der Waals surface area contributed by atoms with Crippen molar-refractivity contribution in [3.8, 4) is 0 Å². The van der Waals surface area contributed by atoms with E-state index in [-0.39, 0.29) is 11.5 Å². The molecule has 2 saturated carbocycles. The third kappa shape index (κ3) is 6.22. The molecule has 0 bridgehead atoms. The molecule has 0 saturated heterocycles. The van der Waals surface area contributed by atoms with Crippen molar-refractivity contribution in [2.24, 2.45) is 39.4 Å². The molecule has 5 atom stereocenters. The Labute approximate surface area is 202 Å². The highest BCUT2D eigenvalue weighted by atomic mass is 16.3. The van der Waals surface area contributed by atoms with Gasteiger partial charge in [0.1, 0.15) is 0 Å². The Morgan fingerprint density at radius 1 is 0.969 bits per heavy atom. The van der Waals surface area contributed by atoms with Gasteiger partial charge in [-0.2, -0.15) is 0 Å². The summed E-state index contributed by atoms with van der Waals surface area (Å²) >= 11 is 0. The zero-order valence-corrected chi connectivity index (χ0v) is 23.6. The standard InChI is InChI=1S/C31H58O/c1-11-15-26-30(8,9)27(32)18-21-31(26,10)24(3)16-17-25-23(2)22-28(4,5)19-13-12-14-20-29(25,6)7/h17,23-24,26-27,32H,11-16,18-22H2,1-10H3/b25-17-. The molecule has 0 aliphatic heterocycles. The first kappa shape index (κ1) is 27.9. The van der Waals surface area contributed by atoms with Crippen LogP contribution in [-0.4, -0.2) is 11.2 Å². The maximum atomic E-state index is 10.8. The second-order valence-electron chi connectivity index (χ2n) is 14.2. The van der Waals surface area contributed by atoms with Crippen LogP contribution in [0.25, 0.3) is 0 Å². The second kappa shape index (κ2) is 10.5. The van der Waals surface area contributed by atoms with Crippen LogP contribution in [0.5, 0.6) is 0 Å². The SMILES string of the molecule is CCCC1C(C)(C)C(O)CCC1(C)C(C)C/C=C1/C(C)CC(C)(C)CCCCCC1(C)C. The Morgan fingerprint density at radius 2 is 1.59 bits per heavy atom. The average Bonchev–Trinajstić information content (AvgIpc) is 2.67. The van der Waals surface area contributed by atoms with Gasteiger partial charge in [-0.3, -0.25) is 0 Å². The number of hydrogen-bond donors (Lipinski definition) is 1. The number of allylic oxidation sites excluding steroid dienone is 2. The number of rotatable bonds is 5. The molecular weight excluding hydrogens is 388 g/mol. The van der Waals surface area contributed by atoms with Crippen molar-refractivity contribution in [2.75, 3.05) is 0 Å². The van der Waals surface area contributed by atoms with Gasteiger partial charge in [0.2, 0.25) is 0 Å². The van der Waals surface area contributed by atoms with Crippen LogP contribution in [0.4, 0.5) is 0 Å². The van der Waals surface area contributed by atoms with Crippen molar-refractivity contribution in [1.82, 2.24) is 0 Å². The molecule has 0 radical (unpaired) electrons. The lowest BCUT2D eigenvalue weighted by Gasteiger charge is -2.56. The van der Waals surface area contributed by atoms with E-state index in [1.807, 2.05) is 0 Å². The molecule has 32 heavy (non-hydrogen) atoms. The minimum atomic E-state index is -0.155. The number of aliphatic hydroxyl groups is 1. The third-order valence-electron chi connectivity index (χ3n) is 10.2. The molecule has 5 unspecified atom stereocenters. The van der Waals surface area contributed by atoms with Gasteiger partial charge in [0.15, 0.2) is 0 Å². The van der Waals surface area contributed by atoms with E-state index in [1.54, 1.807) is 5.57 Å². The molecule has 0 amide bonds. The Kier molecular flexibility index (Phi) is 9.20. The molecule has 2 rings (SSSR count). The lowest BCUT2D eigenvalue weighted by atomic mass is 9.50. The van der Waals surface area contributed by atoms with E-state index in [2.05, 4.69) is 75.3 Å². The smallest absolute Gasteiger partial charge is 0.0594 e. The predicted molar refractivity (Wildman–Crippen MR) is 142 cm³/mol. The Balaban J connectivity index is 2.31. The fraction of sp³-hybridized carbons (Fsp3) is 0.935. The highest BCUT2D eigenvalue weighted by Gasteiger charge is 2.52. The molecule has 0 aromatic carbocycles. The van der Waals surface area contributed by atoms with Crippen LogP contribution in [0.2, 0.25) is 0 Å². The van der Waals surface area contributed by atoms with Crippen LogP contribution in [0.1, 0.15) is 140 Å². The Hall–Kier alpha value is -0.300. The van der Waals surface area contributed by atoms with E-state index in [1.165, 1.54) is 64.2 Å². The molecule has 0 aromatic rings. The molecule has 0 spiro atoms. The summed E-state index contributed by atoms with van der Waals surface area (Å²) in [5.41, 5.74) is 2.79. The van der Waals surface area contributed by atoms with Crippen molar-refractivity contribution in [1.29, 1.82) is 0 Å². The van der Waals surface area contributed by atoms with Gasteiger partial charge < -0.3 is 5.11 Å². The molecule has 1 N–H and O–H groups in total. The maximum Gasteiger partial charge on any atom is 0.0594 e. The monoisotopic (exact) mass is 446 g/mol. The van der Waals surface area contributed by atoms with Gasteiger partial charge in [-0.25, -0.2) is 0 Å². The van der Waals surface area contributed by atoms with E-state index in [0.717, 1.165) is 6.42 Å². The highest BCUT2D eigenvalue weighted by molar-refractivity contribution is 5.17. The van der Waals surface area contributed by atoms with Crippen molar-refractivity contribution < 1.29 is 5.11 Å². The van der Waals surface area contributed by atoms with Crippen LogP contribution in [0, 0.1) is 39.4 Å². The Bertz CT molecular complexity index is 624. The van der Waals surface area contributed by atoms with Crippen molar-refractivity contribution in [3.05, 3.63) is 11.6 Å². The quantitative estimate of drug-likeness (QED) is 0.417. The van der Waals surface area contributed by atoms with E-state index >= 15 is 0 Å². The number of hydrogen-bond acceptors (Lipinski definition) is 1. The van der Waals surface area contributed by atoms with Crippen molar-refractivity contribution >= 4 is 0 Å². The van der Waals surface area contributed by atoms with Crippen molar-refractivity contribution in [2.45, 2.75) is 146 Å². The predicted octanol–water partition coefficient (Wildman–Crippen LogP) is 9.59. The van der Waals surface area contributed by atoms with E-state index in [0.29, 0.717) is 34.0 Å².